The molecule has 0 spiro atoms. The quantitative estimate of drug-likeness (QED) is 0.829. The van der Waals surface area contributed by atoms with Gasteiger partial charge in [0, 0.05) is 12.1 Å². The fourth-order valence-corrected chi connectivity index (χ4v) is 1.44. The molecule has 0 bridgehead atoms. The highest BCUT2D eigenvalue weighted by Crippen LogP contribution is 2.32. The molecule has 5 heteroatoms. The predicted octanol–water partition coefficient (Wildman–Crippen LogP) is 2.68. The van der Waals surface area contributed by atoms with E-state index in [1.807, 2.05) is 0 Å². The smallest absolute Gasteiger partial charge is 0.402 e. The molecule has 17 heavy (non-hydrogen) atoms. The number of allylic oxidation sites excluding steroid dienone is 2. The van der Waals surface area contributed by atoms with E-state index in [9.17, 15) is 18.0 Å². The van der Waals surface area contributed by atoms with Gasteiger partial charge in [0.1, 0.15) is 0 Å². The molecule has 92 valence electrons. The number of rotatable bonds is 3. The minimum Gasteiger partial charge on any atom is -0.402 e. The lowest BCUT2D eigenvalue weighted by Gasteiger charge is -2.11. The SMILES string of the molecule is C/C(N)=C/C(=O)Cc1ccccc1C(F)(F)F. The summed E-state index contributed by atoms with van der Waals surface area (Å²) >= 11 is 0. The van der Waals surface area contributed by atoms with Crippen LogP contribution in [0.5, 0.6) is 0 Å². The van der Waals surface area contributed by atoms with Crippen LogP contribution in [-0.4, -0.2) is 5.78 Å². The minimum absolute atomic E-state index is 0.0394. The topological polar surface area (TPSA) is 43.1 Å². The molecule has 0 amide bonds. The zero-order valence-corrected chi connectivity index (χ0v) is 9.21. The van der Waals surface area contributed by atoms with Crippen LogP contribution < -0.4 is 5.73 Å². The van der Waals surface area contributed by atoms with Crippen molar-refractivity contribution in [1.29, 1.82) is 0 Å². The third-order valence-electron chi connectivity index (χ3n) is 2.08. The fraction of sp³-hybridized carbons (Fsp3) is 0.250. The second-order valence-corrected chi connectivity index (χ2v) is 3.69. The molecule has 0 saturated heterocycles. The van der Waals surface area contributed by atoms with Crippen molar-refractivity contribution in [3.05, 3.63) is 47.2 Å². The molecule has 0 heterocycles. The number of halogens is 3. The molecule has 0 aliphatic heterocycles. The molecule has 1 rings (SSSR count). The van der Waals surface area contributed by atoms with Crippen LogP contribution in [-0.2, 0) is 17.4 Å². The van der Waals surface area contributed by atoms with E-state index in [0.29, 0.717) is 0 Å². The van der Waals surface area contributed by atoms with Crippen molar-refractivity contribution in [2.45, 2.75) is 19.5 Å². The Morgan fingerprint density at radius 1 is 1.35 bits per heavy atom. The monoisotopic (exact) mass is 243 g/mol. The summed E-state index contributed by atoms with van der Waals surface area (Å²) < 4.78 is 37.8. The van der Waals surface area contributed by atoms with E-state index in [1.165, 1.54) is 25.1 Å². The number of carbonyl (C=O) groups is 1. The van der Waals surface area contributed by atoms with Gasteiger partial charge in [-0.2, -0.15) is 13.2 Å². The van der Waals surface area contributed by atoms with Crippen LogP contribution in [0.15, 0.2) is 36.0 Å². The molecule has 0 aliphatic rings. The Morgan fingerprint density at radius 3 is 2.47 bits per heavy atom. The van der Waals surface area contributed by atoms with Crippen LogP contribution in [0, 0.1) is 0 Å². The van der Waals surface area contributed by atoms with E-state index < -0.39 is 17.5 Å². The van der Waals surface area contributed by atoms with Crippen LogP contribution in [0.1, 0.15) is 18.1 Å². The van der Waals surface area contributed by atoms with Gasteiger partial charge in [-0.3, -0.25) is 4.79 Å². The fourth-order valence-electron chi connectivity index (χ4n) is 1.44. The van der Waals surface area contributed by atoms with Gasteiger partial charge >= 0.3 is 6.18 Å². The summed E-state index contributed by atoms with van der Waals surface area (Å²) in [7, 11) is 0. The number of benzene rings is 1. The van der Waals surface area contributed by atoms with Crippen molar-refractivity contribution in [2.75, 3.05) is 0 Å². The van der Waals surface area contributed by atoms with Gasteiger partial charge in [0.25, 0.3) is 0 Å². The Balaban J connectivity index is 3.00. The maximum atomic E-state index is 12.6. The lowest BCUT2D eigenvalue weighted by molar-refractivity contribution is -0.138. The average molecular weight is 243 g/mol. The summed E-state index contributed by atoms with van der Waals surface area (Å²) in [6.45, 7) is 1.51. The van der Waals surface area contributed by atoms with Crippen LogP contribution in [0.25, 0.3) is 0 Å². The Labute approximate surface area is 96.9 Å². The van der Waals surface area contributed by atoms with Crippen LogP contribution in [0.4, 0.5) is 13.2 Å². The first-order valence-electron chi connectivity index (χ1n) is 4.92. The third kappa shape index (κ3) is 3.94. The molecule has 0 radical (unpaired) electrons. The Bertz CT molecular complexity index is 445. The molecular weight excluding hydrogens is 231 g/mol. The van der Waals surface area contributed by atoms with Gasteiger partial charge in [-0.1, -0.05) is 18.2 Å². The van der Waals surface area contributed by atoms with E-state index >= 15 is 0 Å². The van der Waals surface area contributed by atoms with Gasteiger partial charge in [0.05, 0.1) is 5.56 Å². The first-order valence-corrected chi connectivity index (χ1v) is 4.92. The van der Waals surface area contributed by atoms with Gasteiger partial charge < -0.3 is 5.73 Å². The molecule has 1 aromatic rings. The van der Waals surface area contributed by atoms with Crippen molar-refractivity contribution in [3.63, 3.8) is 0 Å². The maximum absolute atomic E-state index is 12.6. The van der Waals surface area contributed by atoms with Gasteiger partial charge in [-0.05, 0) is 24.6 Å². The van der Waals surface area contributed by atoms with E-state index in [2.05, 4.69) is 0 Å². The van der Waals surface area contributed by atoms with Crippen LogP contribution in [0.2, 0.25) is 0 Å². The largest absolute Gasteiger partial charge is 0.416 e. The highest BCUT2D eigenvalue weighted by Gasteiger charge is 2.33. The average Bonchev–Trinajstić information content (AvgIpc) is 2.15. The molecule has 2 nitrogen and oxygen atoms in total. The van der Waals surface area contributed by atoms with E-state index in [-0.39, 0.29) is 17.7 Å². The van der Waals surface area contributed by atoms with Gasteiger partial charge in [-0.25, -0.2) is 0 Å². The number of nitrogens with two attached hydrogens (primary N) is 1. The lowest BCUT2D eigenvalue weighted by atomic mass is 10.0. The number of hydrogen-bond acceptors (Lipinski definition) is 2. The summed E-state index contributed by atoms with van der Waals surface area (Å²) in [6.07, 6.45) is -3.62. The van der Waals surface area contributed by atoms with Crippen molar-refractivity contribution in [2.24, 2.45) is 5.73 Å². The van der Waals surface area contributed by atoms with Gasteiger partial charge in [0.2, 0.25) is 0 Å². The molecule has 0 unspecified atom stereocenters. The van der Waals surface area contributed by atoms with Crippen LogP contribution >= 0.6 is 0 Å². The molecule has 0 atom stereocenters. The Morgan fingerprint density at radius 2 is 1.94 bits per heavy atom. The second kappa shape index (κ2) is 5.03. The molecule has 2 N–H and O–H groups in total. The van der Waals surface area contributed by atoms with E-state index in [0.717, 1.165) is 12.1 Å². The van der Waals surface area contributed by atoms with Gasteiger partial charge in [-0.15, -0.1) is 0 Å². The normalized spacial score (nSPS) is 12.6. The maximum Gasteiger partial charge on any atom is 0.416 e. The standard InChI is InChI=1S/C12H12F3NO/c1-8(16)6-10(17)7-9-4-2-3-5-11(9)12(13,14)15/h2-6H,7,16H2,1H3/b8-6-. The van der Waals surface area contributed by atoms with Crippen molar-refractivity contribution >= 4 is 5.78 Å². The number of carbonyl (C=O) groups excluding carboxylic acids is 1. The molecule has 0 saturated carbocycles. The number of ketones is 1. The van der Waals surface area contributed by atoms with Crippen molar-refractivity contribution < 1.29 is 18.0 Å². The predicted molar refractivity (Wildman–Crippen MR) is 58.1 cm³/mol. The molecule has 0 aliphatic carbocycles. The summed E-state index contributed by atoms with van der Waals surface area (Å²) in [5, 5.41) is 0. The lowest BCUT2D eigenvalue weighted by Crippen LogP contribution is -2.12. The first-order chi connectivity index (χ1) is 7.80. The second-order valence-electron chi connectivity index (χ2n) is 3.69. The molecule has 0 fully saturated rings. The number of alkyl halides is 3. The van der Waals surface area contributed by atoms with Crippen molar-refractivity contribution in [1.82, 2.24) is 0 Å². The van der Waals surface area contributed by atoms with E-state index in [1.54, 1.807) is 0 Å². The van der Waals surface area contributed by atoms with Crippen LogP contribution in [0.3, 0.4) is 0 Å². The van der Waals surface area contributed by atoms with Crippen molar-refractivity contribution in [3.8, 4) is 0 Å². The van der Waals surface area contributed by atoms with Gasteiger partial charge in [0.15, 0.2) is 5.78 Å². The zero-order valence-electron chi connectivity index (χ0n) is 9.21. The zero-order chi connectivity index (χ0) is 13.1. The summed E-state index contributed by atoms with van der Waals surface area (Å²) in [5.41, 5.74) is 4.75. The Hall–Kier alpha value is -1.78. The first kappa shape index (κ1) is 13.3. The summed E-state index contributed by atoms with van der Waals surface area (Å²) in [4.78, 5) is 11.4. The highest BCUT2D eigenvalue weighted by molar-refractivity contribution is 5.92. The third-order valence-corrected chi connectivity index (χ3v) is 2.08. The minimum atomic E-state index is -4.45. The number of hydrogen-bond donors (Lipinski definition) is 1. The summed E-state index contributed by atoms with van der Waals surface area (Å²) in [5.74, 6) is -0.443. The molecule has 1 aromatic carbocycles. The van der Waals surface area contributed by atoms with E-state index in [4.69, 9.17) is 5.73 Å². The molecule has 0 aromatic heterocycles. The molecular formula is C12H12F3NO. The highest BCUT2D eigenvalue weighted by atomic mass is 19.4. The summed E-state index contributed by atoms with van der Waals surface area (Å²) in [6, 6.07) is 5.01. The Kier molecular flexibility index (Phi) is 3.93.